The highest BCUT2D eigenvalue weighted by atomic mass is 16.7. The fourth-order valence-corrected chi connectivity index (χ4v) is 5.26. The molecule has 4 rings (SSSR count). The van der Waals surface area contributed by atoms with Crippen LogP contribution in [0.4, 0.5) is 0 Å². The Morgan fingerprint density at radius 2 is 1.90 bits per heavy atom. The van der Waals surface area contributed by atoms with Crippen molar-refractivity contribution in [2.24, 2.45) is 23.2 Å². The van der Waals surface area contributed by atoms with Gasteiger partial charge in [-0.2, -0.15) is 0 Å². The molecule has 0 amide bonds. The molecule has 1 spiro atoms. The first-order chi connectivity index (χ1) is 9.30. The standard InChI is InChI=1S/C16H22O4/c1-9-6-16(18)11-8-15(19-4-5-20-15)7-10(14(11,2)3)13(17)12(9)16/h10-12,18H,1,4-8H2,2-3H3/t10-,11-,12?,16?/m1/s1. The second kappa shape index (κ2) is 3.54. The third-order valence-corrected chi connectivity index (χ3v) is 6.29. The van der Waals surface area contributed by atoms with Crippen molar-refractivity contribution in [1.82, 2.24) is 0 Å². The Hall–Kier alpha value is -0.710. The lowest BCUT2D eigenvalue weighted by Gasteiger charge is -2.66. The largest absolute Gasteiger partial charge is 0.388 e. The molecule has 1 heterocycles. The third-order valence-electron chi connectivity index (χ3n) is 6.29. The number of aliphatic hydroxyl groups is 1. The van der Waals surface area contributed by atoms with Crippen LogP contribution < -0.4 is 0 Å². The summed E-state index contributed by atoms with van der Waals surface area (Å²) in [6, 6.07) is 0. The van der Waals surface area contributed by atoms with Crippen LogP contribution in [-0.4, -0.2) is 35.5 Å². The number of ether oxygens (including phenoxy) is 2. The van der Waals surface area contributed by atoms with Gasteiger partial charge in [-0.25, -0.2) is 0 Å². The fourth-order valence-electron chi connectivity index (χ4n) is 5.26. The van der Waals surface area contributed by atoms with Crippen LogP contribution in [0.3, 0.4) is 0 Å². The molecule has 1 N–H and O–H groups in total. The number of hydrogen-bond donors (Lipinski definition) is 1. The lowest BCUT2D eigenvalue weighted by Crippen LogP contribution is -2.72. The SMILES string of the molecule is C=C1CC2(O)C1C(=O)[C@H]1CC3(C[C@@H]2C1(C)C)OCCO3. The van der Waals surface area contributed by atoms with E-state index in [1.54, 1.807) is 0 Å². The van der Waals surface area contributed by atoms with Crippen LogP contribution in [-0.2, 0) is 14.3 Å². The predicted molar refractivity (Wildman–Crippen MR) is 71.8 cm³/mol. The van der Waals surface area contributed by atoms with Gasteiger partial charge in [-0.1, -0.05) is 26.0 Å². The first-order valence-electron chi connectivity index (χ1n) is 7.52. The van der Waals surface area contributed by atoms with Crippen molar-refractivity contribution >= 4 is 5.78 Å². The molecule has 110 valence electrons. The van der Waals surface area contributed by atoms with Crippen LogP contribution in [0.25, 0.3) is 0 Å². The van der Waals surface area contributed by atoms with Crippen molar-refractivity contribution in [3.8, 4) is 0 Å². The highest BCUT2D eigenvalue weighted by molar-refractivity contribution is 5.91. The number of fused-ring (bicyclic) bond motifs is 4. The van der Waals surface area contributed by atoms with E-state index >= 15 is 0 Å². The minimum atomic E-state index is -0.934. The van der Waals surface area contributed by atoms with Crippen molar-refractivity contribution < 1.29 is 19.4 Å². The Morgan fingerprint density at radius 1 is 1.25 bits per heavy atom. The second-order valence-corrected chi connectivity index (χ2v) is 7.60. The Kier molecular flexibility index (Phi) is 2.30. The van der Waals surface area contributed by atoms with Gasteiger partial charge in [0.2, 0.25) is 0 Å². The van der Waals surface area contributed by atoms with E-state index in [1.807, 2.05) is 0 Å². The molecule has 4 nitrogen and oxygen atoms in total. The van der Waals surface area contributed by atoms with E-state index in [0.29, 0.717) is 32.5 Å². The molecule has 4 fully saturated rings. The highest BCUT2D eigenvalue weighted by Gasteiger charge is 2.71. The number of hydrogen-bond acceptors (Lipinski definition) is 4. The number of ketones is 1. The predicted octanol–water partition coefficient (Wildman–Crippen LogP) is 1.67. The molecule has 1 aliphatic heterocycles. The summed E-state index contributed by atoms with van der Waals surface area (Å²) in [6.07, 6.45) is 1.85. The molecule has 1 saturated heterocycles. The van der Waals surface area contributed by atoms with Gasteiger partial charge in [0.15, 0.2) is 5.79 Å². The average Bonchev–Trinajstić information content (AvgIpc) is 2.78. The topological polar surface area (TPSA) is 55.8 Å². The van der Waals surface area contributed by atoms with Crippen molar-refractivity contribution in [1.29, 1.82) is 0 Å². The molecule has 3 aliphatic carbocycles. The van der Waals surface area contributed by atoms with E-state index in [-0.39, 0.29) is 29.0 Å². The summed E-state index contributed by atoms with van der Waals surface area (Å²) in [5, 5.41) is 11.1. The summed E-state index contributed by atoms with van der Waals surface area (Å²) in [4.78, 5) is 12.8. The number of rotatable bonds is 0. The third kappa shape index (κ3) is 1.31. The molecule has 4 aliphatic rings. The second-order valence-electron chi connectivity index (χ2n) is 7.60. The zero-order valence-electron chi connectivity index (χ0n) is 12.1. The summed E-state index contributed by atoms with van der Waals surface area (Å²) >= 11 is 0. The van der Waals surface area contributed by atoms with Crippen LogP contribution >= 0.6 is 0 Å². The maximum Gasteiger partial charge on any atom is 0.169 e. The van der Waals surface area contributed by atoms with Gasteiger partial charge < -0.3 is 14.6 Å². The minimum absolute atomic E-state index is 0.0278. The molecular weight excluding hydrogens is 256 g/mol. The van der Waals surface area contributed by atoms with E-state index in [2.05, 4.69) is 20.4 Å². The Bertz CT molecular complexity index is 503. The maximum atomic E-state index is 12.8. The molecule has 0 aromatic heterocycles. The van der Waals surface area contributed by atoms with E-state index in [0.717, 1.165) is 5.57 Å². The van der Waals surface area contributed by atoms with Gasteiger partial charge in [-0.3, -0.25) is 4.79 Å². The minimum Gasteiger partial charge on any atom is -0.388 e. The van der Waals surface area contributed by atoms with Gasteiger partial charge in [0.25, 0.3) is 0 Å². The van der Waals surface area contributed by atoms with Crippen LogP contribution in [0.2, 0.25) is 0 Å². The smallest absolute Gasteiger partial charge is 0.169 e. The number of carbonyl (C=O) groups is 1. The maximum absolute atomic E-state index is 12.8. The number of carbonyl (C=O) groups excluding carboxylic acids is 1. The van der Waals surface area contributed by atoms with Crippen LogP contribution in [0.15, 0.2) is 12.2 Å². The average molecular weight is 278 g/mol. The monoisotopic (exact) mass is 278 g/mol. The molecular formula is C16H22O4. The molecule has 4 heteroatoms. The Balaban J connectivity index is 1.80. The molecule has 2 unspecified atom stereocenters. The molecule has 0 aromatic carbocycles. The van der Waals surface area contributed by atoms with Gasteiger partial charge in [-0.15, -0.1) is 0 Å². The van der Waals surface area contributed by atoms with Crippen molar-refractivity contribution in [3.63, 3.8) is 0 Å². The summed E-state index contributed by atoms with van der Waals surface area (Å²) in [5.74, 6) is -0.938. The molecule has 20 heavy (non-hydrogen) atoms. The van der Waals surface area contributed by atoms with Crippen LogP contribution in [0.5, 0.6) is 0 Å². The molecule has 2 bridgehead atoms. The van der Waals surface area contributed by atoms with Crippen molar-refractivity contribution in [3.05, 3.63) is 12.2 Å². The highest BCUT2D eigenvalue weighted by Crippen LogP contribution is 2.66. The Morgan fingerprint density at radius 3 is 2.50 bits per heavy atom. The first-order valence-corrected chi connectivity index (χ1v) is 7.52. The lowest BCUT2D eigenvalue weighted by molar-refractivity contribution is -0.272. The van der Waals surface area contributed by atoms with Crippen molar-refractivity contribution in [2.75, 3.05) is 13.2 Å². The number of Topliss-reactive ketones (excluding diaryl/α,β-unsaturated/α-hetero) is 1. The van der Waals surface area contributed by atoms with Gasteiger partial charge in [-0.05, 0) is 17.8 Å². The molecule has 4 atom stereocenters. The molecule has 3 saturated carbocycles. The fraction of sp³-hybridized carbons (Fsp3) is 0.812. The lowest BCUT2D eigenvalue weighted by atomic mass is 9.41. The van der Waals surface area contributed by atoms with Gasteiger partial charge in [0.05, 0.1) is 24.7 Å². The van der Waals surface area contributed by atoms with E-state index in [4.69, 9.17) is 9.47 Å². The van der Waals surface area contributed by atoms with Gasteiger partial charge >= 0.3 is 0 Å². The normalized spacial score (nSPS) is 48.0. The first kappa shape index (κ1) is 13.0. The zero-order valence-corrected chi connectivity index (χ0v) is 12.1. The quantitative estimate of drug-likeness (QED) is 0.685. The van der Waals surface area contributed by atoms with E-state index in [9.17, 15) is 9.90 Å². The van der Waals surface area contributed by atoms with Gasteiger partial charge in [0, 0.05) is 18.8 Å². The molecule has 0 aromatic rings. The summed E-state index contributed by atoms with van der Waals surface area (Å²) in [6.45, 7) is 9.35. The van der Waals surface area contributed by atoms with Crippen LogP contribution in [0.1, 0.15) is 33.1 Å². The zero-order chi connectivity index (χ0) is 14.3. The summed E-state index contributed by atoms with van der Waals surface area (Å²) in [5.41, 5.74) is -0.243. The van der Waals surface area contributed by atoms with E-state index < -0.39 is 11.4 Å². The van der Waals surface area contributed by atoms with Crippen molar-refractivity contribution in [2.45, 2.75) is 44.5 Å². The Labute approximate surface area is 119 Å². The van der Waals surface area contributed by atoms with Crippen LogP contribution in [0, 0.1) is 23.2 Å². The molecule has 0 radical (unpaired) electrons. The summed E-state index contributed by atoms with van der Waals surface area (Å²) in [7, 11) is 0. The summed E-state index contributed by atoms with van der Waals surface area (Å²) < 4.78 is 11.7. The van der Waals surface area contributed by atoms with E-state index in [1.165, 1.54) is 0 Å². The van der Waals surface area contributed by atoms with Gasteiger partial charge in [0.1, 0.15) is 5.78 Å².